The van der Waals surface area contributed by atoms with Gasteiger partial charge in [0, 0.05) is 33.0 Å². The van der Waals surface area contributed by atoms with Gasteiger partial charge < -0.3 is 0 Å². The van der Waals surface area contributed by atoms with Crippen molar-refractivity contribution < 1.29 is 0 Å². The Morgan fingerprint density at radius 1 is 0.300 bits per heavy atom. The fourth-order valence-electron chi connectivity index (χ4n) is 7.48. The van der Waals surface area contributed by atoms with Crippen LogP contribution in [0.4, 0.5) is 22.7 Å². The summed E-state index contributed by atoms with van der Waals surface area (Å²) in [6.45, 7) is 8.48. The van der Waals surface area contributed by atoms with Crippen LogP contribution in [0.2, 0.25) is 0 Å². The minimum Gasteiger partial charge on any atom is -0.246 e. The molecule has 0 radical (unpaired) electrons. The lowest BCUT2D eigenvalue weighted by atomic mass is 10.1. The zero-order valence-electron chi connectivity index (χ0n) is 28.5. The van der Waals surface area contributed by atoms with Gasteiger partial charge in [-0.1, -0.05) is 109 Å². The summed E-state index contributed by atoms with van der Waals surface area (Å²) in [6.07, 6.45) is 0. The van der Waals surface area contributed by atoms with Crippen LogP contribution in [0.25, 0.3) is 21.5 Å². The van der Waals surface area contributed by atoms with Gasteiger partial charge in [0.05, 0.1) is 45.6 Å². The molecule has 2 aliphatic rings. The van der Waals surface area contributed by atoms with E-state index in [9.17, 15) is 0 Å². The van der Waals surface area contributed by atoms with Gasteiger partial charge in [-0.15, -0.1) is 0 Å². The van der Waals surface area contributed by atoms with E-state index in [1.807, 2.05) is 0 Å². The minimum absolute atomic E-state index is 0.851. The van der Waals surface area contributed by atoms with Gasteiger partial charge in [0.2, 0.25) is 0 Å². The second kappa shape index (κ2) is 11.7. The first kappa shape index (κ1) is 29.8. The van der Waals surface area contributed by atoms with E-state index in [2.05, 4.69) is 161 Å². The van der Waals surface area contributed by atoms with E-state index in [-0.39, 0.29) is 0 Å². The fourth-order valence-corrected chi connectivity index (χ4v) is 7.48. The van der Waals surface area contributed by atoms with Crippen molar-refractivity contribution in [1.82, 2.24) is 0 Å². The lowest BCUT2D eigenvalue weighted by Crippen LogP contribution is -2.10. The lowest BCUT2D eigenvalue weighted by Gasteiger charge is -2.09. The Labute approximate surface area is 292 Å². The molecule has 0 saturated heterocycles. The smallest absolute Gasteiger partial charge is 0.0979 e. The molecule has 7 aromatic carbocycles. The van der Waals surface area contributed by atoms with Crippen LogP contribution in [-0.2, 0) is 0 Å². The molecule has 0 unspecified atom stereocenters. The Bertz CT molecular complexity index is 2430. The Morgan fingerprint density at radius 2 is 0.580 bits per heavy atom. The third-order valence-electron chi connectivity index (χ3n) is 9.94. The van der Waals surface area contributed by atoms with Crippen LogP contribution in [0.1, 0.15) is 44.5 Å². The van der Waals surface area contributed by atoms with Gasteiger partial charge in [0.15, 0.2) is 0 Å². The highest BCUT2D eigenvalue weighted by atomic mass is 14.9. The number of rotatable bonds is 4. The first-order valence-electron chi connectivity index (χ1n) is 17.1. The first-order valence-corrected chi connectivity index (χ1v) is 17.1. The van der Waals surface area contributed by atoms with Crippen LogP contribution in [0.15, 0.2) is 153 Å². The van der Waals surface area contributed by atoms with Crippen molar-refractivity contribution in [2.24, 2.45) is 20.0 Å². The molecule has 4 heteroatoms. The maximum Gasteiger partial charge on any atom is 0.0979 e. The highest BCUT2D eigenvalue weighted by molar-refractivity contribution is 6.62. The van der Waals surface area contributed by atoms with Crippen LogP contribution < -0.4 is 0 Å². The number of hydrogen-bond acceptors (Lipinski definition) is 4. The average molecular weight is 643 g/mol. The zero-order valence-corrected chi connectivity index (χ0v) is 28.5. The number of aliphatic imine (C=N–C) groups is 4. The third kappa shape index (κ3) is 4.83. The van der Waals surface area contributed by atoms with Gasteiger partial charge in [0.1, 0.15) is 0 Å². The van der Waals surface area contributed by atoms with Gasteiger partial charge >= 0.3 is 0 Å². The van der Waals surface area contributed by atoms with Crippen molar-refractivity contribution in [2.45, 2.75) is 27.7 Å². The molecule has 50 heavy (non-hydrogen) atoms. The fraction of sp³-hybridized carbons (Fsp3) is 0.0870. The molecule has 0 bridgehead atoms. The summed E-state index contributed by atoms with van der Waals surface area (Å²) in [4.78, 5) is 21.2. The molecule has 0 aromatic heterocycles. The predicted octanol–water partition coefficient (Wildman–Crippen LogP) is 11.7. The number of nitrogens with zero attached hydrogens (tertiary/aromatic N) is 4. The Kier molecular flexibility index (Phi) is 6.99. The molecule has 0 fully saturated rings. The second-order valence-corrected chi connectivity index (χ2v) is 13.3. The van der Waals surface area contributed by atoms with Gasteiger partial charge in [-0.25, -0.2) is 20.0 Å². The standard InChI is InChI=1S/C46H34N4/c1-27-11-5-12-28(2)41(27)49-45-37-21-9-17-31-15-7-19-35(39(31)37)43(45)47-33-23-25-34(26-24-33)48-44-36-20-8-16-32-18-10-22-38(40(32)36)46(44)50-42-29(3)13-6-14-30(42)4/h5-26H,1-4H3. The summed E-state index contributed by atoms with van der Waals surface area (Å²) in [7, 11) is 0. The van der Waals surface area contributed by atoms with E-state index >= 15 is 0 Å². The highest BCUT2D eigenvalue weighted by Gasteiger charge is 2.29. The van der Waals surface area contributed by atoms with Crippen molar-refractivity contribution in [2.75, 3.05) is 0 Å². The maximum atomic E-state index is 5.30. The number of hydrogen-bond donors (Lipinski definition) is 0. The van der Waals surface area contributed by atoms with Crippen molar-refractivity contribution in [3.05, 3.63) is 178 Å². The van der Waals surface area contributed by atoms with E-state index in [4.69, 9.17) is 20.0 Å². The lowest BCUT2D eigenvalue weighted by molar-refractivity contribution is 1.33. The SMILES string of the molecule is Cc1cccc(C)c1N=C1C(=Nc2ccc(N=C3C(=Nc4c(C)cccc4C)c4cccc5cccc3c45)cc2)c2cccc3cccc1c23. The molecule has 2 aliphatic carbocycles. The molecule has 0 amide bonds. The number of benzene rings is 7. The monoisotopic (exact) mass is 642 g/mol. The van der Waals surface area contributed by atoms with Crippen LogP contribution in [0.3, 0.4) is 0 Å². The van der Waals surface area contributed by atoms with Crippen LogP contribution >= 0.6 is 0 Å². The largest absolute Gasteiger partial charge is 0.246 e. The predicted molar refractivity (Wildman–Crippen MR) is 211 cm³/mol. The van der Waals surface area contributed by atoms with Gasteiger partial charge in [-0.05, 0) is 85.0 Å². The average Bonchev–Trinajstić information content (AvgIpc) is 3.59. The Balaban J connectivity index is 1.16. The molecule has 7 aromatic rings. The summed E-state index contributed by atoms with van der Waals surface area (Å²) in [5, 5.41) is 4.79. The molecule has 9 rings (SSSR count). The number of aryl methyl sites for hydroxylation is 4. The minimum atomic E-state index is 0.851. The molecule has 0 heterocycles. The summed E-state index contributed by atoms with van der Waals surface area (Å²) >= 11 is 0. The molecule has 0 atom stereocenters. The highest BCUT2D eigenvalue weighted by Crippen LogP contribution is 2.38. The zero-order chi connectivity index (χ0) is 33.9. The molecule has 4 nitrogen and oxygen atoms in total. The van der Waals surface area contributed by atoms with Crippen molar-refractivity contribution in [3.8, 4) is 0 Å². The van der Waals surface area contributed by atoms with E-state index in [0.29, 0.717) is 0 Å². The topological polar surface area (TPSA) is 49.4 Å². The normalized spacial score (nSPS) is 16.6. The molecule has 0 saturated carbocycles. The van der Waals surface area contributed by atoms with Crippen LogP contribution in [0.5, 0.6) is 0 Å². The Morgan fingerprint density at radius 3 is 0.900 bits per heavy atom. The molecule has 0 aliphatic heterocycles. The molecule has 0 spiro atoms. The van der Waals surface area contributed by atoms with Crippen molar-refractivity contribution >= 4 is 67.1 Å². The Hall–Kier alpha value is -6.26. The van der Waals surface area contributed by atoms with E-state index in [1.165, 1.54) is 21.5 Å². The molecular weight excluding hydrogens is 609 g/mol. The van der Waals surface area contributed by atoms with Crippen molar-refractivity contribution in [3.63, 3.8) is 0 Å². The summed E-state index contributed by atoms with van der Waals surface area (Å²) in [5.74, 6) is 0. The molecule has 0 N–H and O–H groups in total. The summed E-state index contributed by atoms with van der Waals surface area (Å²) in [5.41, 5.74) is 16.3. The molecular formula is C46H34N4. The van der Waals surface area contributed by atoms with Gasteiger partial charge in [-0.2, -0.15) is 0 Å². The van der Waals surface area contributed by atoms with Crippen LogP contribution in [-0.4, -0.2) is 22.8 Å². The summed E-state index contributed by atoms with van der Waals surface area (Å²) in [6, 6.07) is 46.6. The first-order chi connectivity index (χ1) is 24.4. The quantitative estimate of drug-likeness (QED) is 0.183. The second-order valence-electron chi connectivity index (χ2n) is 13.3. The van der Waals surface area contributed by atoms with E-state index in [1.54, 1.807) is 0 Å². The maximum absolute atomic E-state index is 5.30. The number of para-hydroxylation sites is 2. The van der Waals surface area contributed by atoms with Gasteiger partial charge in [-0.3, -0.25) is 0 Å². The van der Waals surface area contributed by atoms with Crippen LogP contribution in [0, 0.1) is 27.7 Å². The third-order valence-corrected chi connectivity index (χ3v) is 9.94. The van der Waals surface area contributed by atoms with E-state index < -0.39 is 0 Å². The van der Waals surface area contributed by atoms with Crippen molar-refractivity contribution in [1.29, 1.82) is 0 Å². The summed E-state index contributed by atoms with van der Waals surface area (Å²) < 4.78 is 0. The van der Waals surface area contributed by atoms with E-state index in [0.717, 1.165) is 90.1 Å². The molecule has 238 valence electrons. The van der Waals surface area contributed by atoms with Gasteiger partial charge in [0.25, 0.3) is 0 Å².